The Morgan fingerprint density at radius 1 is 0.963 bits per heavy atom. The number of benzene rings is 2. The Bertz CT molecular complexity index is 804. The zero-order valence-corrected chi connectivity index (χ0v) is 16.4. The number of unbranched alkanes of at least 4 members (excludes halogenated alkanes) is 1. The van der Waals surface area contributed by atoms with Gasteiger partial charge in [0, 0.05) is 0 Å². The summed E-state index contributed by atoms with van der Waals surface area (Å²) in [6, 6.07) is 15.9. The lowest BCUT2D eigenvalue weighted by Gasteiger charge is -2.21. The van der Waals surface area contributed by atoms with Gasteiger partial charge in [-0.3, -0.25) is 0 Å². The summed E-state index contributed by atoms with van der Waals surface area (Å²) in [5.74, 6) is 2.58. The molecule has 1 aromatic heterocycles. The van der Waals surface area contributed by atoms with Crippen LogP contribution in [0, 0.1) is 12.3 Å². The van der Waals surface area contributed by atoms with Crippen LogP contribution in [-0.2, 0) is 0 Å². The quantitative estimate of drug-likeness (QED) is 0.393. The molecule has 0 amide bonds. The molecular formula is C23H26NO2S. The molecule has 3 aromatic rings. The number of ether oxygens (including phenoxy) is 2. The van der Waals surface area contributed by atoms with Gasteiger partial charge in [-0.15, -0.1) is 0 Å². The van der Waals surface area contributed by atoms with Crippen LogP contribution in [0.4, 0.5) is 0 Å². The minimum Gasteiger partial charge on any atom is -0.494 e. The second-order valence-corrected chi connectivity index (χ2v) is 8.18. The molecule has 141 valence electrons. The summed E-state index contributed by atoms with van der Waals surface area (Å²) < 4.78 is 12.9. The van der Waals surface area contributed by atoms with Gasteiger partial charge in [-0.05, 0) is 61.6 Å². The fraction of sp³-hybridized carbons (Fsp3) is 0.391. The summed E-state index contributed by atoms with van der Waals surface area (Å²) in [7, 11) is 0. The SMILES string of the molecule is [CH](CCOc1ccc(Oc2nc3ccccc3s2)cc1)CC1CCCCC1. The molecule has 1 aliphatic carbocycles. The first-order valence-corrected chi connectivity index (χ1v) is 10.8. The molecule has 1 saturated carbocycles. The third kappa shape index (κ3) is 5.23. The Hall–Kier alpha value is -2.07. The maximum absolute atomic E-state index is 5.87. The fourth-order valence-electron chi connectivity index (χ4n) is 3.64. The maximum atomic E-state index is 5.87. The van der Waals surface area contributed by atoms with Gasteiger partial charge in [-0.1, -0.05) is 55.6 Å². The third-order valence-electron chi connectivity index (χ3n) is 5.12. The lowest BCUT2D eigenvalue weighted by Crippen LogP contribution is -2.07. The van der Waals surface area contributed by atoms with E-state index < -0.39 is 0 Å². The van der Waals surface area contributed by atoms with Crippen molar-refractivity contribution in [1.29, 1.82) is 0 Å². The van der Waals surface area contributed by atoms with E-state index >= 15 is 0 Å². The molecule has 27 heavy (non-hydrogen) atoms. The van der Waals surface area contributed by atoms with E-state index in [0.29, 0.717) is 5.19 Å². The standard InChI is InChI=1S/C23H26NO2S/c1-2-8-18(9-3-1)10-6-7-17-25-19-13-15-20(16-14-19)26-23-24-21-11-4-5-12-22(21)27-23/h4-6,11-16,18H,1-3,7-10,17H2. The highest BCUT2D eigenvalue weighted by Crippen LogP contribution is 2.32. The van der Waals surface area contributed by atoms with E-state index in [9.17, 15) is 0 Å². The van der Waals surface area contributed by atoms with Crippen molar-refractivity contribution >= 4 is 21.6 Å². The van der Waals surface area contributed by atoms with Gasteiger partial charge >= 0.3 is 0 Å². The van der Waals surface area contributed by atoms with Crippen molar-refractivity contribution in [2.75, 3.05) is 6.61 Å². The lowest BCUT2D eigenvalue weighted by atomic mass is 9.86. The van der Waals surface area contributed by atoms with Crippen LogP contribution in [0.2, 0.25) is 0 Å². The van der Waals surface area contributed by atoms with Gasteiger partial charge in [-0.25, -0.2) is 4.98 Å². The summed E-state index contributed by atoms with van der Waals surface area (Å²) in [6.07, 6.45) is 11.7. The van der Waals surface area contributed by atoms with E-state index in [-0.39, 0.29) is 0 Å². The van der Waals surface area contributed by atoms with Crippen LogP contribution < -0.4 is 9.47 Å². The Morgan fingerprint density at radius 3 is 2.56 bits per heavy atom. The van der Waals surface area contributed by atoms with E-state index in [4.69, 9.17) is 9.47 Å². The molecular weight excluding hydrogens is 354 g/mol. The van der Waals surface area contributed by atoms with Crippen LogP contribution in [0.5, 0.6) is 16.7 Å². The monoisotopic (exact) mass is 380 g/mol. The fourth-order valence-corrected chi connectivity index (χ4v) is 4.47. The Kier molecular flexibility index (Phi) is 6.25. The molecule has 4 rings (SSSR count). The Labute approximate surface area is 165 Å². The average Bonchev–Trinajstić information content (AvgIpc) is 3.12. The van der Waals surface area contributed by atoms with Gasteiger partial charge in [0.05, 0.1) is 16.8 Å². The summed E-state index contributed by atoms with van der Waals surface area (Å²) >= 11 is 1.56. The van der Waals surface area contributed by atoms with E-state index in [2.05, 4.69) is 17.5 Å². The molecule has 2 aromatic carbocycles. The molecule has 0 aliphatic heterocycles. The first-order chi connectivity index (χ1) is 13.4. The number of rotatable bonds is 8. The second kappa shape index (κ2) is 9.23. The van der Waals surface area contributed by atoms with Gasteiger partial charge in [0.25, 0.3) is 5.19 Å². The normalized spacial score (nSPS) is 15.1. The van der Waals surface area contributed by atoms with Gasteiger partial charge < -0.3 is 9.47 Å². The number of hydrogen-bond acceptors (Lipinski definition) is 4. The Morgan fingerprint density at radius 2 is 1.74 bits per heavy atom. The first-order valence-electron chi connectivity index (χ1n) is 9.95. The van der Waals surface area contributed by atoms with Crippen molar-refractivity contribution in [2.45, 2.75) is 44.9 Å². The predicted octanol–water partition coefficient (Wildman–Crippen LogP) is 7.03. The second-order valence-electron chi connectivity index (χ2n) is 7.19. The first kappa shape index (κ1) is 18.3. The molecule has 0 N–H and O–H groups in total. The molecule has 1 heterocycles. The predicted molar refractivity (Wildman–Crippen MR) is 112 cm³/mol. The van der Waals surface area contributed by atoms with Crippen LogP contribution in [0.1, 0.15) is 44.9 Å². The van der Waals surface area contributed by atoms with E-state index in [0.717, 1.165) is 40.7 Å². The van der Waals surface area contributed by atoms with Gasteiger partial charge in [0.1, 0.15) is 11.5 Å². The Balaban J connectivity index is 1.20. The highest BCUT2D eigenvalue weighted by Gasteiger charge is 2.12. The van der Waals surface area contributed by atoms with Gasteiger partial charge in [0.15, 0.2) is 0 Å². The summed E-state index contributed by atoms with van der Waals surface area (Å²) in [4.78, 5) is 4.50. The lowest BCUT2D eigenvalue weighted by molar-refractivity contribution is 0.308. The molecule has 0 spiro atoms. The molecule has 1 radical (unpaired) electrons. The largest absolute Gasteiger partial charge is 0.494 e. The van der Waals surface area contributed by atoms with E-state index in [1.54, 1.807) is 11.3 Å². The highest BCUT2D eigenvalue weighted by atomic mass is 32.1. The van der Waals surface area contributed by atoms with E-state index in [1.165, 1.54) is 38.5 Å². The molecule has 1 aliphatic rings. The van der Waals surface area contributed by atoms with Crippen molar-refractivity contribution in [3.8, 4) is 16.7 Å². The molecule has 0 unspecified atom stereocenters. The third-order valence-corrected chi connectivity index (χ3v) is 6.03. The molecule has 0 bridgehead atoms. The van der Waals surface area contributed by atoms with Gasteiger partial charge in [-0.2, -0.15) is 0 Å². The number of nitrogens with zero attached hydrogens (tertiary/aromatic N) is 1. The number of para-hydroxylation sites is 1. The number of fused-ring (bicyclic) bond motifs is 1. The molecule has 0 atom stereocenters. The minimum absolute atomic E-state index is 0.669. The smallest absolute Gasteiger partial charge is 0.279 e. The molecule has 1 fully saturated rings. The zero-order valence-electron chi connectivity index (χ0n) is 15.6. The minimum atomic E-state index is 0.669. The van der Waals surface area contributed by atoms with Crippen molar-refractivity contribution in [3.05, 3.63) is 55.0 Å². The van der Waals surface area contributed by atoms with Crippen molar-refractivity contribution in [1.82, 2.24) is 4.98 Å². The topological polar surface area (TPSA) is 31.4 Å². The van der Waals surface area contributed by atoms with Gasteiger partial charge in [0.2, 0.25) is 0 Å². The van der Waals surface area contributed by atoms with E-state index in [1.807, 2.05) is 42.5 Å². The summed E-state index contributed by atoms with van der Waals surface area (Å²) in [6.45, 7) is 0.741. The summed E-state index contributed by atoms with van der Waals surface area (Å²) in [5.41, 5.74) is 0.974. The van der Waals surface area contributed by atoms with Crippen LogP contribution in [-0.4, -0.2) is 11.6 Å². The highest BCUT2D eigenvalue weighted by molar-refractivity contribution is 7.20. The number of aromatic nitrogens is 1. The summed E-state index contributed by atoms with van der Waals surface area (Å²) in [5, 5.41) is 0.669. The average molecular weight is 381 g/mol. The van der Waals surface area contributed by atoms with Crippen molar-refractivity contribution < 1.29 is 9.47 Å². The van der Waals surface area contributed by atoms with Crippen LogP contribution >= 0.6 is 11.3 Å². The molecule has 0 saturated heterocycles. The number of hydrogen-bond donors (Lipinski definition) is 0. The zero-order chi connectivity index (χ0) is 18.3. The maximum Gasteiger partial charge on any atom is 0.279 e. The van der Waals surface area contributed by atoms with Crippen LogP contribution in [0.25, 0.3) is 10.2 Å². The molecule has 3 nitrogen and oxygen atoms in total. The van der Waals surface area contributed by atoms with Crippen LogP contribution in [0.3, 0.4) is 0 Å². The van der Waals surface area contributed by atoms with Crippen LogP contribution in [0.15, 0.2) is 48.5 Å². The van der Waals surface area contributed by atoms with Crippen molar-refractivity contribution in [2.24, 2.45) is 5.92 Å². The van der Waals surface area contributed by atoms with Crippen molar-refractivity contribution in [3.63, 3.8) is 0 Å². The number of thiazole rings is 1. The molecule has 4 heteroatoms.